The molecule has 3 heterocycles. The Labute approximate surface area is 157 Å². The first-order valence-electron chi connectivity index (χ1n) is 9.03. The molecule has 138 valence electrons. The van der Waals surface area contributed by atoms with Gasteiger partial charge in [0, 0.05) is 25.5 Å². The lowest BCUT2D eigenvalue weighted by atomic mass is 10.2. The van der Waals surface area contributed by atoms with Crippen molar-refractivity contribution in [3.8, 4) is 11.5 Å². The second-order valence-electron chi connectivity index (χ2n) is 6.61. The summed E-state index contributed by atoms with van der Waals surface area (Å²) < 4.78 is 5.46. The van der Waals surface area contributed by atoms with Crippen molar-refractivity contribution in [2.45, 2.75) is 18.9 Å². The molecule has 1 fully saturated rings. The van der Waals surface area contributed by atoms with E-state index in [0.717, 1.165) is 18.5 Å². The molecule has 1 unspecified atom stereocenters. The minimum Gasteiger partial charge on any atom is -0.365 e. The smallest absolute Gasteiger partial charge is 0.249 e. The van der Waals surface area contributed by atoms with Gasteiger partial charge in [-0.1, -0.05) is 29.4 Å². The molecule has 0 spiro atoms. The predicted octanol–water partition coefficient (Wildman–Crippen LogP) is 2.93. The van der Waals surface area contributed by atoms with Crippen LogP contribution < -0.4 is 4.90 Å². The number of hydrogen-bond donors (Lipinski definition) is 0. The highest BCUT2D eigenvalue weighted by atomic mass is 16.5. The summed E-state index contributed by atoms with van der Waals surface area (Å²) in [5, 5.41) is 4.04. The highest BCUT2D eigenvalue weighted by Gasteiger charge is 2.34. The molecule has 0 N–H and O–H groups in total. The van der Waals surface area contributed by atoms with E-state index in [1.54, 1.807) is 6.20 Å². The van der Waals surface area contributed by atoms with Gasteiger partial charge in [0.05, 0.1) is 6.54 Å². The second-order valence-corrected chi connectivity index (χ2v) is 6.61. The Morgan fingerprint density at radius 3 is 2.81 bits per heavy atom. The SMILES string of the molecule is CN(CC(=O)N1CCCC1c1nc(-c2ccccn2)no1)c1ccccc1. The molecule has 0 saturated carbocycles. The first kappa shape index (κ1) is 17.2. The van der Waals surface area contributed by atoms with E-state index in [0.29, 0.717) is 30.5 Å². The number of carbonyl (C=O) groups is 1. The Hall–Kier alpha value is -3.22. The van der Waals surface area contributed by atoms with Crippen molar-refractivity contribution in [3.05, 3.63) is 60.6 Å². The number of nitrogens with zero attached hydrogens (tertiary/aromatic N) is 5. The van der Waals surface area contributed by atoms with Gasteiger partial charge in [0.1, 0.15) is 11.7 Å². The minimum atomic E-state index is -0.174. The molecule has 4 rings (SSSR count). The summed E-state index contributed by atoms with van der Waals surface area (Å²) in [7, 11) is 1.92. The molecule has 2 aromatic heterocycles. The Morgan fingerprint density at radius 2 is 2.04 bits per heavy atom. The van der Waals surface area contributed by atoms with Crippen molar-refractivity contribution in [3.63, 3.8) is 0 Å². The van der Waals surface area contributed by atoms with Crippen LogP contribution in [0.4, 0.5) is 5.69 Å². The van der Waals surface area contributed by atoms with Crippen LogP contribution in [0.1, 0.15) is 24.8 Å². The number of para-hydroxylation sites is 1. The Balaban J connectivity index is 1.47. The summed E-state index contributed by atoms with van der Waals surface area (Å²) >= 11 is 0. The number of hydrogen-bond acceptors (Lipinski definition) is 6. The van der Waals surface area contributed by atoms with Gasteiger partial charge in [0.25, 0.3) is 0 Å². The number of aromatic nitrogens is 3. The molecule has 7 nitrogen and oxygen atoms in total. The van der Waals surface area contributed by atoms with Crippen molar-refractivity contribution in [2.24, 2.45) is 0 Å². The van der Waals surface area contributed by atoms with Gasteiger partial charge >= 0.3 is 0 Å². The van der Waals surface area contributed by atoms with E-state index in [4.69, 9.17) is 4.52 Å². The molecule has 1 amide bonds. The average molecular weight is 363 g/mol. The summed E-state index contributed by atoms with van der Waals surface area (Å²) in [5.74, 6) is 0.983. The van der Waals surface area contributed by atoms with Crippen LogP contribution in [0.25, 0.3) is 11.5 Å². The fraction of sp³-hybridized carbons (Fsp3) is 0.300. The zero-order valence-corrected chi connectivity index (χ0v) is 15.2. The molecule has 7 heteroatoms. The van der Waals surface area contributed by atoms with Crippen LogP contribution in [0.15, 0.2) is 59.3 Å². The van der Waals surface area contributed by atoms with Crippen LogP contribution in [0, 0.1) is 0 Å². The standard InChI is InChI=1S/C20H21N5O2/c1-24(15-8-3-2-4-9-15)14-18(26)25-13-7-11-17(25)20-22-19(23-27-20)16-10-5-6-12-21-16/h2-6,8-10,12,17H,7,11,13-14H2,1H3. The largest absolute Gasteiger partial charge is 0.365 e. The highest BCUT2D eigenvalue weighted by molar-refractivity contribution is 5.82. The molecular weight excluding hydrogens is 342 g/mol. The molecule has 0 bridgehead atoms. The molecule has 1 saturated heterocycles. The maximum atomic E-state index is 12.9. The third-order valence-electron chi connectivity index (χ3n) is 4.76. The van der Waals surface area contributed by atoms with Gasteiger partial charge in [-0.3, -0.25) is 9.78 Å². The summed E-state index contributed by atoms with van der Waals surface area (Å²) in [6.07, 6.45) is 3.44. The number of rotatable bonds is 5. The van der Waals surface area contributed by atoms with Gasteiger partial charge < -0.3 is 14.3 Å². The van der Waals surface area contributed by atoms with Crippen molar-refractivity contribution in [1.82, 2.24) is 20.0 Å². The Morgan fingerprint density at radius 1 is 1.22 bits per heavy atom. The average Bonchev–Trinajstić information content (AvgIpc) is 3.38. The Kier molecular flexibility index (Phi) is 4.82. The molecule has 27 heavy (non-hydrogen) atoms. The highest BCUT2D eigenvalue weighted by Crippen LogP contribution is 2.32. The van der Waals surface area contributed by atoms with Crippen molar-refractivity contribution in [2.75, 3.05) is 25.0 Å². The van der Waals surface area contributed by atoms with E-state index in [1.165, 1.54) is 0 Å². The quantitative estimate of drug-likeness (QED) is 0.694. The van der Waals surface area contributed by atoms with E-state index in [-0.39, 0.29) is 11.9 Å². The molecule has 1 aromatic carbocycles. The molecule has 0 radical (unpaired) electrons. The van der Waals surface area contributed by atoms with Crippen molar-refractivity contribution >= 4 is 11.6 Å². The van der Waals surface area contributed by atoms with Gasteiger partial charge in [0.15, 0.2) is 0 Å². The van der Waals surface area contributed by atoms with Gasteiger partial charge in [-0.15, -0.1) is 0 Å². The molecule has 0 aliphatic carbocycles. The summed E-state index contributed by atoms with van der Waals surface area (Å²) in [6.45, 7) is 1.01. The van der Waals surface area contributed by atoms with Gasteiger partial charge in [0.2, 0.25) is 17.6 Å². The van der Waals surface area contributed by atoms with E-state index in [1.807, 2.05) is 65.4 Å². The first-order valence-corrected chi connectivity index (χ1v) is 9.03. The van der Waals surface area contributed by atoms with Crippen LogP contribution in [0.2, 0.25) is 0 Å². The zero-order chi connectivity index (χ0) is 18.6. The lowest BCUT2D eigenvalue weighted by Gasteiger charge is -2.26. The lowest BCUT2D eigenvalue weighted by molar-refractivity contribution is -0.131. The van der Waals surface area contributed by atoms with Crippen LogP contribution in [0.5, 0.6) is 0 Å². The summed E-state index contributed by atoms with van der Waals surface area (Å²) in [6, 6.07) is 15.3. The maximum Gasteiger partial charge on any atom is 0.249 e. The topological polar surface area (TPSA) is 75.4 Å². The normalized spacial score (nSPS) is 16.5. The van der Waals surface area contributed by atoms with E-state index in [2.05, 4.69) is 15.1 Å². The van der Waals surface area contributed by atoms with Gasteiger partial charge in [-0.25, -0.2) is 0 Å². The second kappa shape index (κ2) is 7.57. The van der Waals surface area contributed by atoms with E-state index < -0.39 is 0 Å². The number of carbonyl (C=O) groups excluding carboxylic acids is 1. The minimum absolute atomic E-state index is 0.0569. The van der Waals surface area contributed by atoms with Crippen LogP contribution in [-0.2, 0) is 4.79 Å². The molecule has 1 aliphatic rings. The van der Waals surface area contributed by atoms with Gasteiger partial charge in [-0.05, 0) is 37.1 Å². The van der Waals surface area contributed by atoms with E-state index in [9.17, 15) is 4.79 Å². The Bertz CT molecular complexity index is 897. The van der Waals surface area contributed by atoms with Gasteiger partial charge in [-0.2, -0.15) is 4.98 Å². The monoisotopic (exact) mass is 363 g/mol. The number of anilines is 1. The number of amides is 1. The molecule has 1 atom stereocenters. The first-order chi connectivity index (χ1) is 13.2. The predicted molar refractivity (Wildman–Crippen MR) is 101 cm³/mol. The summed E-state index contributed by atoms with van der Waals surface area (Å²) in [5.41, 5.74) is 1.67. The molecular formula is C20H21N5O2. The lowest BCUT2D eigenvalue weighted by Crippen LogP contribution is -2.38. The van der Waals surface area contributed by atoms with E-state index >= 15 is 0 Å². The van der Waals surface area contributed by atoms with Crippen LogP contribution in [0.3, 0.4) is 0 Å². The number of pyridine rings is 1. The third kappa shape index (κ3) is 3.67. The third-order valence-corrected chi connectivity index (χ3v) is 4.76. The zero-order valence-electron chi connectivity index (χ0n) is 15.2. The fourth-order valence-electron chi connectivity index (χ4n) is 3.36. The van der Waals surface area contributed by atoms with Crippen LogP contribution in [-0.4, -0.2) is 46.1 Å². The number of benzene rings is 1. The maximum absolute atomic E-state index is 12.9. The van der Waals surface area contributed by atoms with Crippen LogP contribution >= 0.6 is 0 Å². The molecule has 3 aromatic rings. The number of likely N-dealkylation sites (N-methyl/N-ethyl adjacent to an activating group) is 1. The fourth-order valence-corrected chi connectivity index (χ4v) is 3.36. The number of likely N-dealkylation sites (tertiary alicyclic amines) is 1. The van der Waals surface area contributed by atoms with Crippen molar-refractivity contribution in [1.29, 1.82) is 0 Å². The van der Waals surface area contributed by atoms with Crippen molar-refractivity contribution < 1.29 is 9.32 Å². The molecule has 1 aliphatic heterocycles. The summed E-state index contributed by atoms with van der Waals surface area (Å²) in [4.78, 5) is 25.4.